The van der Waals surface area contributed by atoms with Crippen LogP contribution in [0.15, 0.2) is 22.9 Å². The molecule has 2 atom stereocenters. The van der Waals surface area contributed by atoms with Gasteiger partial charge in [0.25, 0.3) is 0 Å². The van der Waals surface area contributed by atoms with Crippen LogP contribution in [0, 0.1) is 11.8 Å². The van der Waals surface area contributed by atoms with E-state index in [9.17, 15) is 9.90 Å². The molecule has 0 aliphatic rings. The molecule has 8 nitrogen and oxygen atoms in total. The van der Waals surface area contributed by atoms with Crippen LogP contribution in [-0.4, -0.2) is 50.9 Å². The van der Waals surface area contributed by atoms with Crippen molar-refractivity contribution in [2.75, 3.05) is 6.61 Å². The molecule has 0 unspecified atom stereocenters. The third-order valence-electron chi connectivity index (χ3n) is 4.87. The van der Waals surface area contributed by atoms with E-state index >= 15 is 0 Å². The molecule has 10 heteroatoms. The Balaban J connectivity index is 2.26. The summed E-state index contributed by atoms with van der Waals surface area (Å²) in [7, 11) is -1.20. The molecule has 0 aliphatic heterocycles. The number of aromatic nitrogens is 5. The second kappa shape index (κ2) is 11.1. The average molecular weight is 498 g/mol. The van der Waals surface area contributed by atoms with Gasteiger partial charge >= 0.3 is 5.97 Å². The highest BCUT2D eigenvalue weighted by atomic mass is 79.9. The fourth-order valence-corrected chi connectivity index (χ4v) is 4.23. The Morgan fingerprint density at radius 1 is 1.30 bits per heavy atom. The number of halogens is 1. The summed E-state index contributed by atoms with van der Waals surface area (Å²) in [6, 6.07) is 4.84. The lowest BCUT2D eigenvalue weighted by molar-refractivity contribution is -0.143. The quantitative estimate of drug-likeness (QED) is 0.266. The zero-order chi connectivity index (χ0) is 22.3. The summed E-state index contributed by atoms with van der Waals surface area (Å²) < 4.78 is 8.15. The normalized spacial score (nSPS) is 14.1. The van der Waals surface area contributed by atoms with Crippen molar-refractivity contribution in [3.05, 3.63) is 34.3 Å². The molecule has 30 heavy (non-hydrogen) atoms. The van der Waals surface area contributed by atoms with E-state index in [-0.39, 0.29) is 18.6 Å². The van der Waals surface area contributed by atoms with Crippen LogP contribution < -0.4 is 0 Å². The molecule has 0 aromatic carbocycles. The van der Waals surface area contributed by atoms with Gasteiger partial charge in [-0.05, 0) is 62.8 Å². The van der Waals surface area contributed by atoms with Gasteiger partial charge in [-0.15, -0.1) is 5.10 Å². The topological polar surface area (TPSA) is 103 Å². The van der Waals surface area contributed by atoms with Crippen LogP contribution >= 0.6 is 15.9 Å². The first-order chi connectivity index (χ1) is 14.1. The number of carbonyl (C=O) groups is 1. The number of nitrogens with zero attached hydrogens (tertiary/aromatic N) is 5. The molecule has 0 bridgehead atoms. The van der Waals surface area contributed by atoms with Crippen molar-refractivity contribution in [3.63, 3.8) is 0 Å². The lowest BCUT2D eigenvalue weighted by Crippen LogP contribution is -2.28. The summed E-state index contributed by atoms with van der Waals surface area (Å²) in [6.45, 7) is 11.8. The Hall–Kier alpha value is -1.65. The van der Waals surface area contributed by atoms with Crippen molar-refractivity contribution in [1.82, 2.24) is 25.2 Å². The van der Waals surface area contributed by atoms with Crippen LogP contribution in [-0.2, 0) is 22.7 Å². The van der Waals surface area contributed by atoms with E-state index in [2.05, 4.69) is 56.1 Å². The highest BCUT2D eigenvalue weighted by Crippen LogP contribution is 2.32. The van der Waals surface area contributed by atoms with Crippen LogP contribution in [0.25, 0.3) is 0 Å². The fraction of sp³-hybridized carbons (Fsp3) is 0.650. The van der Waals surface area contributed by atoms with E-state index in [0.29, 0.717) is 25.3 Å². The minimum absolute atomic E-state index is 0.218. The van der Waals surface area contributed by atoms with Crippen LogP contribution in [0.5, 0.6) is 0 Å². The Kier molecular flexibility index (Phi) is 9.11. The summed E-state index contributed by atoms with van der Waals surface area (Å²) in [5, 5.41) is 22.1. The standard InChI is InChI=1S/C20H32BrN5O3Si/c1-14(2)10-17(20(27)28)16(11-15-6-7-18(21)22-12-15)19-23-24-25-26(19)13-29-8-9-30(3,4)5/h6-7,12,14,16-17H,8-11,13H2,1-5H3,(H,27,28)/t16-,17-/m0/s1. The van der Waals surface area contributed by atoms with Gasteiger partial charge in [0.2, 0.25) is 0 Å². The first-order valence-electron chi connectivity index (χ1n) is 10.2. The molecule has 0 radical (unpaired) electrons. The molecule has 0 saturated heterocycles. The van der Waals surface area contributed by atoms with Gasteiger partial charge in [-0.1, -0.05) is 39.6 Å². The van der Waals surface area contributed by atoms with Gasteiger partial charge in [0.05, 0.1) is 5.92 Å². The zero-order valence-electron chi connectivity index (χ0n) is 18.4. The van der Waals surface area contributed by atoms with E-state index in [4.69, 9.17) is 4.74 Å². The summed E-state index contributed by atoms with van der Waals surface area (Å²) in [4.78, 5) is 16.4. The first kappa shape index (κ1) is 24.6. The molecule has 0 spiro atoms. The number of ether oxygens (including phenoxy) is 1. The maximum Gasteiger partial charge on any atom is 0.307 e. The molecule has 1 N–H and O–H groups in total. The SMILES string of the molecule is CC(C)C[C@H](C(=O)O)[C@H](Cc1ccc(Br)nc1)c1nnnn1COCC[Si](C)(C)C. The molecule has 2 heterocycles. The summed E-state index contributed by atoms with van der Waals surface area (Å²) in [5.74, 6) is -1.07. The number of tetrazole rings is 1. The minimum Gasteiger partial charge on any atom is -0.481 e. The van der Waals surface area contributed by atoms with E-state index in [1.54, 1.807) is 10.9 Å². The maximum atomic E-state index is 12.2. The number of rotatable bonds is 12. The smallest absolute Gasteiger partial charge is 0.307 e. The second-order valence-electron chi connectivity index (χ2n) is 9.26. The third kappa shape index (κ3) is 7.88. The summed E-state index contributed by atoms with van der Waals surface area (Å²) in [6.07, 6.45) is 2.77. The highest BCUT2D eigenvalue weighted by Gasteiger charge is 2.34. The molecule has 0 saturated carbocycles. The second-order valence-corrected chi connectivity index (χ2v) is 15.7. The largest absolute Gasteiger partial charge is 0.481 e. The molecule has 166 valence electrons. The number of hydrogen-bond donors (Lipinski definition) is 1. The van der Waals surface area contributed by atoms with Gasteiger partial charge in [-0.3, -0.25) is 4.79 Å². The molecule has 0 aliphatic carbocycles. The lowest BCUT2D eigenvalue weighted by Gasteiger charge is -2.25. The summed E-state index contributed by atoms with van der Waals surface area (Å²) in [5.41, 5.74) is 0.937. The Morgan fingerprint density at radius 2 is 2.03 bits per heavy atom. The average Bonchev–Trinajstić information content (AvgIpc) is 3.10. The predicted octanol–water partition coefficient (Wildman–Crippen LogP) is 4.22. The van der Waals surface area contributed by atoms with Crippen molar-refractivity contribution >= 4 is 30.0 Å². The molecular formula is C20H32BrN5O3Si. The highest BCUT2D eigenvalue weighted by molar-refractivity contribution is 9.10. The van der Waals surface area contributed by atoms with Gasteiger partial charge < -0.3 is 9.84 Å². The molecule has 0 amide bonds. The van der Waals surface area contributed by atoms with E-state index in [0.717, 1.165) is 16.2 Å². The third-order valence-corrected chi connectivity index (χ3v) is 7.05. The number of carboxylic acid groups (broad SMARTS) is 1. The number of aliphatic carboxylic acids is 1. The summed E-state index contributed by atoms with van der Waals surface area (Å²) >= 11 is 3.34. The predicted molar refractivity (Wildman–Crippen MR) is 121 cm³/mol. The Labute approximate surface area is 187 Å². The minimum atomic E-state index is -1.20. The number of pyridine rings is 1. The van der Waals surface area contributed by atoms with Crippen LogP contribution in [0.2, 0.25) is 25.7 Å². The van der Waals surface area contributed by atoms with Crippen LogP contribution in [0.4, 0.5) is 0 Å². The van der Waals surface area contributed by atoms with Crippen molar-refractivity contribution in [1.29, 1.82) is 0 Å². The van der Waals surface area contributed by atoms with Crippen molar-refractivity contribution in [2.45, 2.75) is 65.0 Å². The molecule has 0 fully saturated rings. The van der Waals surface area contributed by atoms with Crippen molar-refractivity contribution in [2.24, 2.45) is 11.8 Å². The van der Waals surface area contributed by atoms with Crippen LogP contribution in [0.1, 0.15) is 37.6 Å². The fourth-order valence-electron chi connectivity index (χ4n) is 3.24. The molecular weight excluding hydrogens is 466 g/mol. The first-order valence-corrected chi connectivity index (χ1v) is 14.7. The lowest BCUT2D eigenvalue weighted by atomic mass is 9.81. The van der Waals surface area contributed by atoms with Crippen molar-refractivity contribution < 1.29 is 14.6 Å². The Morgan fingerprint density at radius 3 is 2.60 bits per heavy atom. The molecule has 2 rings (SSSR count). The molecule has 2 aromatic heterocycles. The van der Waals surface area contributed by atoms with E-state index < -0.39 is 20.0 Å². The number of carboxylic acids is 1. The number of hydrogen-bond acceptors (Lipinski definition) is 6. The van der Waals surface area contributed by atoms with Gasteiger partial charge in [-0.25, -0.2) is 9.67 Å². The van der Waals surface area contributed by atoms with E-state index in [1.807, 2.05) is 26.0 Å². The van der Waals surface area contributed by atoms with Crippen molar-refractivity contribution in [3.8, 4) is 0 Å². The van der Waals surface area contributed by atoms with Gasteiger partial charge in [0.1, 0.15) is 11.3 Å². The Bertz CT molecular complexity index is 808. The zero-order valence-corrected chi connectivity index (χ0v) is 21.0. The monoisotopic (exact) mass is 497 g/mol. The van der Waals surface area contributed by atoms with Crippen LogP contribution in [0.3, 0.4) is 0 Å². The van der Waals surface area contributed by atoms with Gasteiger partial charge in [0, 0.05) is 26.8 Å². The van der Waals surface area contributed by atoms with Gasteiger partial charge in [-0.2, -0.15) is 0 Å². The molecule has 2 aromatic rings. The van der Waals surface area contributed by atoms with E-state index in [1.165, 1.54) is 0 Å². The maximum absolute atomic E-state index is 12.2. The van der Waals surface area contributed by atoms with Gasteiger partial charge in [0.15, 0.2) is 5.82 Å².